The quantitative estimate of drug-likeness (QED) is 0.687. The van der Waals surface area contributed by atoms with Crippen LogP contribution in [0.15, 0.2) is 48.8 Å². The maximum absolute atomic E-state index is 14.1. The summed E-state index contributed by atoms with van der Waals surface area (Å²) in [7, 11) is 0. The summed E-state index contributed by atoms with van der Waals surface area (Å²) in [6.45, 7) is 3.33. The number of aryl methyl sites for hydroxylation is 2. The van der Waals surface area contributed by atoms with E-state index in [4.69, 9.17) is 4.74 Å². The summed E-state index contributed by atoms with van der Waals surface area (Å²) in [6.07, 6.45) is 2.65. The lowest BCUT2D eigenvalue weighted by molar-refractivity contribution is 0.0115. The highest BCUT2D eigenvalue weighted by Crippen LogP contribution is 2.33. The molecule has 8 heteroatoms. The predicted octanol–water partition coefficient (Wildman–Crippen LogP) is 4.02. The van der Waals surface area contributed by atoms with Crippen molar-refractivity contribution in [1.29, 1.82) is 0 Å². The Hall–Kier alpha value is -3.29. The number of alkyl halides is 2. The zero-order valence-corrected chi connectivity index (χ0v) is 16.7. The maximum atomic E-state index is 14.1. The fourth-order valence-electron chi connectivity index (χ4n) is 3.54. The molecule has 156 valence electrons. The van der Waals surface area contributed by atoms with Crippen LogP contribution >= 0.6 is 0 Å². The molecular weight excluding hydrogens is 390 g/mol. The van der Waals surface area contributed by atoms with E-state index < -0.39 is 30.8 Å². The second-order valence-electron chi connectivity index (χ2n) is 7.61. The minimum atomic E-state index is -2.96. The van der Waals surface area contributed by atoms with Gasteiger partial charge in [0.2, 0.25) is 0 Å². The van der Waals surface area contributed by atoms with Crippen LogP contribution in [0, 0.1) is 13.8 Å². The normalized spacial score (nSPS) is 17.9. The molecule has 1 saturated heterocycles. The second kappa shape index (κ2) is 7.85. The van der Waals surface area contributed by atoms with Crippen molar-refractivity contribution >= 4 is 5.91 Å². The maximum Gasteiger partial charge on any atom is 0.272 e. The molecule has 0 aliphatic carbocycles. The minimum Gasteiger partial charge on any atom is -0.490 e. The van der Waals surface area contributed by atoms with E-state index in [1.165, 1.54) is 6.20 Å². The van der Waals surface area contributed by atoms with Crippen LogP contribution in [0.2, 0.25) is 0 Å². The van der Waals surface area contributed by atoms with Gasteiger partial charge >= 0.3 is 0 Å². The van der Waals surface area contributed by atoms with E-state index in [1.807, 2.05) is 32.0 Å². The van der Waals surface area contributed by atoms with Crippen molar-refractivity contribution in [3.05, 3.63) is 65.6 Å². The molecule has 3 heterocycles. The lowest BCUT2D eigenvalue weighted by Gasteiger charge is -2.23. The van der Waals surface area contributed by atoms with Gasteiger partial charge in [0.15, 0.2) is 0 Å². The molecular formula is C22H22F2N4O2. The van der Waals surface area contributed by atoms with Crippen LogP contribution in [-0.4, -0.2) is 51.1 Å². The molecule has 2 aromatic heterocycles. The van der Waals surface area contributed by atoms with Crippen molar-refractivity contribution < 1.29 is 18.3 Å². The number of carbonyl (C=O) groups is 1. The van der Waals surface area contributed by atoms with E-state index in [-0.39, 0.29) is 12.3 Å². The highest BCUT2D eigenvalue weighted by atomic mass is 19.3. The number of amides is 1. The van der Waals surface area contributed by atoms with E-state index in [0.717, 1.165) is 21.6 Å². The van der Waals surface area contributed by atoms with Crippen LogP contribution in [0.1, 0.15) is 28.0 Å². The van der Waals surface area contributed by atoms with E-state index in [9.17, 15) is 13.6 Å². The van der Waals surface area contributed by atoms with Crippen LogP contribution in [0.4, 0.5) is 8.78 Å². The van der Waals surface area contributed by atoms with Gasteiger partial charge in [-0.15, -0.1) is 0 Å². The summed E-state index contributed by atoms with van der Waals surface area (Å²) in [6, 6.07) is 10.1. The Bertz CT molecular complexity index is 1050. The number of hydrogen-bond acceptors (Lipinski definition) is 4. The summed E-state index contributed by atoms with van der Waals surface area (Å²) in [5.41, 5.74) is 3.89. The molecule has 1 aliphatic rings. The monoisotopic (exact) mass is 412 g/mol. The number of likely N-dealkylation sites (tertiary alicyclic amines) is 1. The molecule has 1 N–H and O–H groups in total. The Morgan fingerprint density at radius 3 is 2.83 bits per heavy atom. The summed E-state index contributed by atoms with van der Waals surface area (Å²) in [5.74, 6) is -3.01. The van der Waals surface area contributed by atoms with Crippen LogP contribution in [0.5, 0.6) is 5.75 Å². The molecule has 1 amide bonds. The number of nitrogens with one attached hydrogen (secondary N) is 1. The van der Waals surface area contributed by atoms with Crippen molar-refractivity contribution in [2.45, 2.75) is 32.2 Å². The van der Waals surface area contributed by atoms with Gasteiger partial charge in [0.1, 0.15) is 18.1 Å². The number of aromatic amines is 1. The molecule has 3 aromatic rings. The van der Waals surface area contributed by atoms with Gasteiger partial charge in [0.25, 0.3) is 11.8 Å². The number of carbonyl (C=O) groups excluding carboxylic acids is 1. The molecule has 0 spiro atoms. The number of halogens is 2. The van der Waals surface area contributed by atoms with Crippen LogP contribution in [0.25, 0.3) is 11.3 Å². The summed E-state index contributed by atoms with van der Waals surface area (Å²) < 4.78 is 33.8. The summed E-state index contributed by atoms with van der Waals surface area (Å²) >= 11 is 0. The van der Waals surface area contributed by atoms with Gasteiger partial charge in [-0.2, -0.15) is 5.10 Å². The van der Waals surface area contributed by atoms with Gasteiger partial charge in [-0.05, 0) is 49.2 Å². The number of pyridine rings is 1. The van der Waals surface area contributed by atoms with Crippen LogP contribution in [0.3, 0.4) is 0 Å². The smallest absolute Gasteiger partial charge is 0.272 e. The lowest BCUT2D eigenvalue weighted by Crippen LogP contribution is -2.39. The zero-order valence-electron chi connectivity index (χ0n) is 16.7. The molecule has 4 rings (SSSR count). The number of rotatable bonds is 5. The third-order valence-electron chi connectivity index (χ3n) is 5.33. The molecule has 1 fully saturated rings. The Labute approximate surface area is 172 Å². The molecule has 30 heavy (non-hydrogen) atoms. The third kappa shape index (κ3) is 4.17. The fourth-order valence-corrected chi connectivity index (χ4v) is 3.54. The number of ether oxygens (including phenoxy) is 1. The molecule has 0 saturated carbocycles. The molecule has 0 unspecified atom stereocenters. The van der Waals surface area contributed by atoms with Gasteiger partial charge in [0.05, 0.1) is 24.5 Å². The lowest BCUT2D eigenvalue weighted by atomic mass is 10.0. The topological polar surface area (TPSA) is 71.1 Å². The number of aromatic nitrogens is 3. The third-order valence-corrected chi connectivity index (χ3v) is 5.33. The van der Waals surface area contributed by atoms with E-state index in [0.29, 0.717) is 11.4 Å². The molecule has 0 bridgehead atoms. The summed E-state index contributed by atoms with van der Waals surface area (Å²) in [5, 5.41) is 6.90. The zero-order chi connectivity index (χ0) is 21.3. The van der Waals surface area contributed by atoms with Gasteiger partial charge in [-0.1, -0.05) is 12.1 Å². The van der Waals surface area contributed by atoms with Crippen LogP contribution in [-0.2, 0) is 0 Å². The van der Waals surface area contributed by atoms with Crippen molar-refractivity contribution in [2.75, 3.05) is 13.2 Å². The second-order valence-corrected chi connectivity index (χ2v) is 7.61. The standard InChI is InChI=1S/C22H22F2N4O2/c1-14-5-6-16(8-15(14)2)19-9-20(27-26-19)21(29)28-13-22(23,24)10-17(28)12-30-18-4-3-7-25-11-18/h3-9,11,17H,10,12-13H2,1-2H3,(H,26,27)/t17-/m0/s1. The molecule has 1 aliphatic heterocycles. The Kier molecular flexibility index (Phi) is 5.24. The highest BCUT2D eigenvalue weighted by molar-refractivity contribution is 5.94. The fraction of sp³-hybridized carbons (Fsp3) is 0.318. The van der Waals surface area contributed by atoms with Gasteiger partial charge in [0, 0.05) is 18.2 Å². The van der Waals surface area contributed by atoms with Crippen molar-refractivity contribution in [3.63, 3.8) is 0 Å². The summed E-state index contributed by atoms with van der Waals surface area (Å²) in [4.78, 5) is 18.1. The largest absolute Gasteiger partial charge is 0.490 e. The predicted molar refractivity (Wildman–Crippen MR) is 108 cm³/mol. The minimum absolute atomic E-state index is 0.0365. The highest BCUT2D eigenvalue weighted by Gasteiger charge is 2.47. The number of nitrogens with zero attached hydrogens (tertiary/aromatic N) is 3. The first-order valence-electron chi connectivity index (χ1n) is 9.67. The van der Waals surface area contributed by atoms with Crippen molar-refractivity contribution in [3.8, 4) is 17.0 Å². The van der Waals surface area contributed by atoms with E-state index in [2.05, 4.69) is 15.2 Å². The number of benzene rings is 1. The first kappa shape index (κ1) is 20.0. The SMILES string of the molecule is Cc1ccc(-c2cc(C(=O)N3CC(F)(F)C[C@H]3COc3cccnc3)[nH]n2)cc1C. The molecule has 0 radical (unpaired) electrons. The Morgan fingerprint density at radius 1 is 1.27 bits per heavy atom. The van der Waals surface area contributed by atoms with E-state index >= 15 is 0 Å². The Morgan fingerprint density at radius 2 is 2.10 bits per heavy atom. The van der Waals surface area contributed by atoms with E-state index in [1.54, 1.807) is 24.4 Å². The first-order chi connectivity index (χ1) is 14.3. The first-order valence-corrected chi connectivity index (χ1v) is 9.67. The number of hydrogen-bond donors (Lipinski definition) is 1. The van der Waals surface area contributed by atoms with Crippen molar-refractivity contribution in [2.24, 2.45) is 0 Å². The average molecular weight is 412 g/mol. The average Bonchev–Trinajstić information content (AvgIpc) is 3.33. The van der Waals surface area contributed by atoms with Crippen LogP contribution < -0.4 is 4.74 Å². The van der Waals surface area contributed by atoms with Gasteiger partial charge in [-0.3, -0.25) is 14.9 Å². The molecule has 1 atom stereocenters. The van der Waals surface area contributed by atoms with Gasteiger partial charge in [-0.25, -0.2) is 8.78 Å². The molecule has 1 aromatic carbocycles. The number of H-pyrrole nitrogens is 1. The Balaban J connectivity index is 1.51. The molecule has 6 nitrogen and oxygen atoms in total. The van der Waals surface area contributed by atoms with Gasteiger partial charge < -0.3 is 9.64 Å². The van der Waals surface area contributed by atoms with Crippen molar-refractivity contribution in [1.82, 2.24) is 20.1 Å².